The minimum Gasteiger partial charge on any atom is -0.494 e. The number of carbonyl (C=O) groups is 2. The number of halogens is 1. The van der Waals surface area contributed by atoms with Crippen LogP contribution in [0.1, 0.15) is 6.42 Å². The number of nitrogens with zero attached hydrogens (tertiary/aromatic N) is 2. The second-order valence-electron chi connectivity index (χ2n) is 6.49. The fourth-order valence-electron chi connectivity index (χ4n) is 3.47. The van der Waals surface area contributed by atoms with Gasteiger partial charge in [0.25, 0.3) is 0 Å². The van der Waals surface area contributed by atoms with Gasteiger partial charge in [-0.25, -0.2) is 0 Å². The van der Waals surface area contributed by atoms with Crippen LogP contribution in [0.2, 0.25) is 0 Å². The summed E-state index contributed by atoms with van der Waals surface area (Å²) in [4.78, 5) is 31.7. The molecule has 0 spiro atoms. The second kappa shape index (κ2) is 7.59. The van der Waals surface area contributed by atoms with Crippen molar-refractivity contribution < 1.29 is 14.3 Å². The number of rotatable bonds is 4. The van der Waals surface area contributed by atoms with E-state index in [1.165, 1.54) is 0 Å². The van der Waals surface area contributed by atoms with E-state index in [0.717, 1.165) is 15.5 Å². The molecule has 1 atom stereocenters. The number of pyridine rings is 1. The first-order chi connectivity index (χ1) is 13.6. The standard InChI is InChI=1S/C21H18BrN3O3/c1-28-18-9-8-16(13-5-4-11-23-19(13)18)24-20(26)14-10-12-25(21(14)27)17-7-3-2-6-15(17)22/h2-9,11,14H,10,12H2,1H3,(H,24,26)/t14-/m0/s1. The molecule has 142 valence electrons. The largest absolute Gasteiger partial charge is 0.494 e. The minimum atomic E-state index is -0.721. The van der Waals surface area contributed by atoms with Gasteiger partial charge in [0.05, 0.1) is 18.5 Å². The van der Waals surface area contributed by atoms with E-state index in [4.69, 9.17) is 4.74 Å². The maximum absolute atomic E-state index is 12.9. The van der Waals surface area contributed by atoms with Crippen LogP contribution in [0.15, 0.2) is 59.2 Å². The van der Waals surface area contributed by atoms with Crippen molar-refractivity contribution in [3.8, 4) is 5.75 Å². The summed E-state index contributed by atoms with van der Waals surface area (Å²) in [6.07, 6.45) is 2.14. The van der Waals surface area contributed by atoms with Gasteiger partial charge in [0.2, 0.25) is 11.8 Å². The Labute approximate surface area is 170 Å². The molecule has 1 saturated heterocycles. The SMILES string of the molecule is COc1ccc(NC(=O)[C@@H]2CCN(c3ccccc3Br)C2=O)c2cccnc12. The van der Waals surface area contributed by atoms with Crippen LogP contribution in [-0.2, 0) is 9.59 Å². The molecule has 0 unspecified atom stereocenters. The Morgan fingerprint density at radius 3 is 2.82 bits per heavy atom. The first kappa shape index (κ1) is 18.4. The molecule has 4 rings (SSSR count). The van der Waals surface area contributed by atoms with Gasteiger partial charge >= 0.3 is 0 Å². The Kier molecular flexibility index (Phi) is 5.00. The Morgan fingerprint density at radius 1 is 1.21 bits per heavy atom. The normalized spacial score (nSPS) is 16.4. The second-order valence-corrected chi connectivity index (χ2v) is 7.34. The van der Waals surface area contributed by atoms with Gasteiger partial charge in [-0.3, -0.25) is 14.6 Å². The highest BCUT2D eigenvalue weighted by Gasteiger charge is 2.38. The number of nitrogens with one attached hydrogen (secondary N) is 1. The van der Waals surface area contributed by atoms with Crippen LogP contribution < -0.4 is 15.0 Å². The van der Waals surface area contributed by atoms with E-state index < -0.39 is 5.92 Å². The molecule has 0 saturated carbocycles. The first-order valence-corrected chi connectivity index (χ1v) is 9.68. The van der Waals surface area contributed by atoms with Crippen LogP contribution in [-0.4, -0.2) is 30.5 Å². The van der Waals surface area contributed by atoms with Crippen LogP contribution in [0.25, 0.3) is 10.9 Å². The van der Waals surface area contributed by atoms with Gasteiger partial charge in [-0.1, -0.05) is 12.1 Å². The zero-order chi connectivity index (χ0) is 19.7. The molecule has 1 fully saturated rings. The van der Waals surface area contributed by atoms with Crippen LogP contribution in [0.4, 0.5) is 11.4 Å². The van der Waals surface area contributed by atoms with E-state index in [9.17, 15) is 9.59 Å². The van der Waals surface area contributed by atoms with E-state index in [1.807, 2.05) is 30.3 Å². The van der Waals surface area contributed by atoms with E-state index in [1.54, 1.807) is 36.4 Å². The Bertz CT molecular complexity index is 1070. The number of carbonyl (C=O) groups excluding carboxylic acids is 2. The third kappa shape index (κ3) is 3.22. The molecule has 0 bridgehead atoms. The predicted octanol–water partition coefficient (Wildman–Crippen LogP) is 4.00. The Hall–Kier alpha value is -2.93. The van der Waals surface area contributed by atoms with Gasteiger partial charge < -0.3 is 15.0 Å². The quantitative estimate of drug-likeness (QED) is 0.623. The van der Waals surface area contributed by atoms with Gasteiger partial charge in [-0.2, -0.15) is 0 Å². The fraction of sp³-hybridized carbons (Fsp3) is 0.190. The van der Waals surface area contributed by atoms with Crippen molar-refractivity contribution in [2.24, 2.45) is 5.92 Å². The summed E-state index contributed by atoms with van der Waals surface area (Å²) in [7, 11) is 1.58. The summed E-state index contributed by atoms with van der Waals surface area (Å²) in [5.41, 5.74) is 2.05. The molecule has 3 aromatic rings. The molecular formula is C21H18BrN3O3. The summed E-state index contributed by atoms with van der Waals surface area (Å²) in [6, 6.07) is 14.7. The highest BCUT2D eigenvalue weighted by Crippen LogP contribution is 2.33. The number of hydrogen-bond acceptors (Lipinski definition) is 4. The lowest BCUT2D eigenvalue weighted by atomic mass is 10.1. The maximum atomic E-state index is 12.9. The smallest absolute Gasteiger partial charge is 0.239 e. The third-order valence-corrected chi connectivity index (χ3v) is 5.55. The monoisotopic (exact) mass is 439 g/mol. The topological polar surface area (TPSA) is 71.5 Å². The molecule has 1 aliphatic heterocycles. The van der Waals surface area contributed by atoms with Crippen molar-refractivity contribution in [3.63, 3.8) is 0 Å². The molecule has 7 heteroatoms. The summed E-state index contributed by atoms with van der Waals surface area (Å²) in [5, 5.41) is 3.67. The summed E-state index contributed by atoms with van der Waals surface area (Å²) in [6.45, 7) is 0.504. The number of ether oxygens (including phenoxy) is 1. The number of anilines is 2. The van der Waals surface area contributed by atoms with Crippen molar-refractivity contribution in [1.82, 2.24) is 4.98 Å². The molecule has 1 aromatic heterocycles. The molecule has 0 radical (unpaired) electrons. The average molecular weight is 440 g/mol. The fourth-order valence-corrected chi connectivity index (χ4v) is 3.97. The van der Waals surface area contributed by atoms with Crippen LogP contribution >= 0.6 is 15.9 Å². The molecule has 6 nitrogen and oxygen atoms in total. The number of aromatic nitrogens is 1. The number of hydrogen-bond donors (Lipinski definition) is 1. The lowest BCUT2D eigenvalue weighted by Crippen LogP contribution is -2.33. The minimum absolute atomic E-state index is 0.194. The van der Waals surface area contributed by atoms with E-state index in [2.05, 4.69) is 26.2 Å². The zero-order valence-electron chi connectivity index (χ0n) is 15.2. The lowest BCUT2D eigenvalue weighted by Gasteiger charge is -2.18. The lowest BCUT2D eigenvalue weighted by molar-refractivity contribution is -0.129. The number of fused-ring (bicyclic) bond motifs is 1. The van der Waals surface area contributed by atoms with E-state index in [0.29, 0.717) is 29.9 Å². The molecule has 2 amide bonds. The molecule has 1 N–H and O–H groups in total. The first-order valence-electron chi connectivity index (χ1n) is 8.88. The predicted molar refractivity (Wildman–Crippen MR) is 112 cm³/mol. The van der Waals surface area contributed by atoms with Crippen molar-refractivity contribution in [1.29, 1.82) is 0 Å². The van der Waals surface area contributed by atoms with E-state index in [-0.39, 0.29) is 11.8 Å². The van der Waals surface area contributed by atoms with Gasteiger partial charge in [0.1, 0.15) is 17.2 Å². The third-order valence-electron chi connectivity index (χ3n) is 4.88. The summed E-state index contributed by atoms with van der Waals surface area (Å²) in [5.74, 6) is -0.596. The van der Waals surface area contributed by atoms with Crippen molar-refractivity contribution >= 4 is 50.0 Å². The van der Waals surface area contributed by atoms with Crippen molar-refractivity contribution in [2.75, 3.05) is 23.9 Å². The van der Waals surface area contributed by atoms with Crippen molar-refractivity contribution in [2.45, 2.75) is 6.42 Å². The van der Waals surface area contributed by atoms with E-state index >= 15 is 0 Å². The molecule has 2 heterocycles. The van der Waals surface area contributed by atoms with Crippen molar-refractivity contribution in [3.05, 3.63) is 59.2 Å². The van der Waals surface area contributed by atoms with Gasteiger partial charge in [-0.05, 0) is 58.7 Å². The highest BCUT2D eigenvalue weighted by molar-refractivity contribution is 9.10. The molecule has 1 aliphatic rings. The number of benzene rings is 2. The molecule has 2 aromatic carbocycles. The Morgan fingerprint density at radius 2 is 2.04 bits per heavy atom. The molecule has 0 aliphatic carbocycles. The van der Waals surface area contributed by atoms with Gasteiger partial charge in [0.15, 0.2) is 0 Å². The highest BCUT2D eigenvalue weighted by atomic mass is 79.9. The number of amides is 2. The van der Waals surface area contributed by atoms with Crippen LogP contribution in [0.5, 0.6) is 5.75 Å². The number of methoxy groups -OCH3 is 1. The maximum Gasteiger partial charge on any atom is 0.239 e. The zero-order valence-corrected chi connectivity index (χ0v) is 16.8. The van der Waals surface area contributed by atoms with Gasteiger partial charge in [0, 0.05) is 22.6 Å². The number of para-hydroxylation sites is 1. The summed E-state index contributed by atoms with van der Waals surface area (Å²) >= 11 is 3.47. The molecular weight excluding hydrogens is 422 g/mol. The van der Waals surface area contributed by atoms with Crippen LogP contribution in [0, 0.1) is 5.92 Å². The van der Waals surface area contributed by atoms with Crippen LogP contribution in [0.3, 0.4) is 0 Å². The average Bonchev–Trinajstić information content (AvgIpc) is 3.10. The van der Waals surface area contributed by atoms with Gasteiger partial charge in [-0.15, -0.1) is 0 Å². The molecule has 28 heavy (non-hydrogen) atoms. The summed E-state index contributed by atoms with van der Waals surface area (Å²) < 4.78 is 6.17. The Balaban J connectivity index is 1.58.